The highest BCUT2D eigenvalue weighted by molar-refractivity contribution is 7.98. The number of ether oxygens (including phenoxy) is 1. The Balaban J connectivity index is 1.74. The molecule has 0 radical (unpaired) electrons. The molecule has 0 atom stereocenters. The third kappa shape index (κ3) is 3.22. The third-order valence-electron chi connectivity index (χ3n) is 6.22. The van der Waals surface area contributed by atoms with Crippen LogP contribution in [0.25, 0.3) is 17.5 Å². The van der Waals surface area contributed by atoms with Gasteiger partial charge in [-0.1, -0.05) is 42.8 Å². The molecule has 1 N–H and O–H groups in total. The highest BCUT2D eigenvalue weighted by Crippen LogP contribution is 2.45. The van der Waals surface area contributed by atoms with Gasteiger partial charge in [0.25, 0.3) is 5.56 Å². The fraction of sp³-hybridized carbons (Fsp3) is 0.250. The van der Waals surface area contributed by atoms with Crippen molar-refractivity contribution in [1.82, 2.24) is 9.36 Å². The largest absolute Gasteiger partial charge is 0.493 e. The second-order valence-corrected chi connectivity index (χ2v) is 10.4. The van der Waals surface area contributed by atoms with Crippen molar-refractivity contribution in [3.63, 3.8) is 0 Å². The molecule has 5 rings (SSSR count). The van der Waals surface area contributed by atoms with Crippen LogP contribution < -0.4 is 5.56 Å². The average molecular weight is 467 g/mol. The van der Waals surface area contributed by atoms with E-state index in [-0.39, 0.29) is 18.4 Å². The second kappa shape index (κ2) is 7.77. The molecule has 2 heterocycles. The lowest BCUT2D eigenvalue weighted by Crippen LogP contribution is -2.38. The fourth-order valence-corrected chi connectivity index (χ4v) is 6.50. The van der Waals surface area contributed by atoms with E-state index in [4.69, 9.17) is 4.74 Å². The topological polar surface area (TPSA) is 108 Å². The predicted molar refractivity (Wildman–Crippen MR) is 122 cm³/mol. The van der Waals surface area contributed by atoms with Gasteiger partial charge in [0.2, 0.25) is 20.7 Å². The molecule has 33 heavy (non-hydrogen) atoms. The van der Waals surface area contributed by atoms with Gasteiger partial charge in [-0.3, -0.25) is 4.79 Å². The van der Waals surface area contributed by atoms with Crippen LogP contribution in [0.4, 0.5) is 0 Å². The first-order valence-electron chi connectivity index (χ1n) is 10.7. The minimum Gasteiger partial charge on any atom is -0.493 e. The zero-order valence-electron chi connectivity index (χ0n) is 17.7. The van der Waals surface area contributed by atoms with E-state index in [0.717, 1.165) is 12.5 Å². The zero-order chi connectivity index (χ0) is 23.2. The van der Waals surface area contributed by atoms with Crippen molar-refractivity contribution in [1.29, 1.82) is 0 Å². The lowest BCUT2D eigenvalue weighted by Gasteiger charge is -2.29. The summed E-state index contributed by atoms with van der Waals surface area (Å²) < 4.78 is 34.6. The van der Waals surface area contributed by atoms with Crippen LogP contribution in [-0.4, -0.2) is 33.8 Å². The molecule has 2 aliphatic rings. The van der Waals surface area contributed by atoms with Gasteiger partial charge in [0.1, 0.15) is 5.56 Å². The number of rotatable bonds is 3. The lowest BCUT2D eigenvalue weighted by atomic mass is 9.97. The van der Waals surface area contributed by atoms with Gasteiger partial charge in [-0.25, -0.2) is 22.6 Å². The van der Waals surface area contributed by atoms with Crippen LogP contribution in [0.15, 0.2) is 70.4 Å². The SMILES string of the molecule is O=C1OC2(CCCCC2)S(=O)(=O)C1=Cc1c(O)n(-c2ccccc2)n(-c2ccccc2)c1=O. The first kappa shape index (κ1) is 21.3. The number of sulfone groups is 1. The molecule has 0 amide bonds. The van der Waals surface area contributed by atoms with E-state index in [1.54, 1.807) is 60.7 Å². The molecule has 3 aromatic rings. The highest BCUT2D eigenvalue weighted by atomic mass is 32.2. The quantitative estimate of drug-likeness (QED) is 0.469. The number of para-hydroxylation sites is 2. The number of carbonyl (C=O) groups is 1. The van der Waals surface area contributed by atoms with Gasteiger partial charge >= 0.3 is 5.97 Å². The van der Waals surface area contributed by atoms with Crippen LogP contribution in [0.3, 0.4) is 0 Å². The summed E-state index contributed by atoms with van der Waals surface area (Å²) in [7, 11) is -4.14. The lowest BCUT2D eigenvalue weighted by molar-refractivity contribution is -0.145. The molecular formula is C24H22N2O6S. The molecule has 1 aliphatic carbocycles. The molecule has 8 nitrogen and oxygen atoms in total. The monoisotopic (exact) mass is 466 g/mol. The van der Waals surface area contributed by atoms with Crippen molar-refractivity contribution in [3.05, 3.63) is 81.5 Å². The van der Waals surface area contributed by atoms with Crippen LogP contribution in [0.1, 0.15) is 37.7 Å². The van der Waals surface area contributed by atoms with Gasteiger partial charge in [0, 0.05) is 12.8 Å². The summed E-state index contributed by atoms with van der Waals surface area (Å²) in [5, 5.41) is 11.1. The number of hydrogen-bond donors (Lipinski definition) is 1. The predicted octanol–water partition coefficient (Wildman–Crippen LogP) is 3.31. The molecule has 1 saturated carbocycles. The van der Waals surface area contributed by atoms with Crippen molar-refractivity contribution in [2.45, 2.75) is 37.0 Å². The Labute approximate surface area is 190 Å². The maximum Gasteiger partial charge on any atom is 0.351 e. The van der Waals surface area contributed by atoms with Gasteiger partial charge in [-0.2, -0.15) is 0 Å². The molecule has 170 valence electrons. The van der Waals surface area contributed by atoms with E-state index in [0.29, 0.717) is 24.2 Å². The van der Waals surface area contributed by atoms with Gasteiger partial charge in [0.05, 0.1) is 11.4 Å². The zero-order valence-corrected chi connectivity index (χ0v) is 18.5. The maximum absolute atomic E-state index is 13.4. The van der Waals surface area contributed by atoms with E-state index in [1.807, 2.05) is 0 Å². The highest BCUT2D eigenvalue weighted by Gasteiger charge is 2.58. The third-order valence-corrected chi connectivity index (χ3v) is 8.55. The van der Waals surface area contributed by atoms with Crippen LogP contribution >= 0.6 is 0 Å². The standard InChI is InChI=1S/C24H22N2O6S/c27-21-19(16-20-23(29)32-24(33(20,30)31)14-8-3-9-15-24)22(28)26(18-12-6-2-7-13-18)25(21)17-10-4-1-5-11-17/h1-2,4-7,10-13,16,27H,3,8-9,14-15H2. The Hall–Kier alpha value is -3.59. The summed E-state index contributed by atoms with van der Waals surface area (Å²) in [6.45, 7) is 0. The fourth-order valence-electron chi connectivity index (χ4n) is 4.56. The summed E-state index contributed by atoms with van der Waals surface area (Å²) in [4.78, 5) is 23.9. The van der Waals surface area contributed by atoms with E-state index < -0.39 is 37.1 Å². The Morgan fingerprint density at radius 1 is 0.848 bits per heavy atom. The Morgan fingerprint density at radius 3 is 1.97 bits per heavy atom. The summed E-state index contributed by atoms with van der Waals surface area (Å²) in [6.07, 6.45) is 3.55. The molecule has 0 bridgehead atoms. The number of aromatic nitrogens is 2. The molecule has 0 unspecified atom stereocenters. The van der Waals surface area contributed by atoms with Gasteiger partial charge in [-0.05, 0) is 43.2 Å². The number of esters is 1. The van der Waals surface area contributed by atoms with Crippen LogP contribution in [-0.2, 0) is 19.4 Å². The summed E-state index contributed by atoms with van der Waals surface area (Å²) in [5.74, 6) is -1.47. The number of aromatic hydroxyl groups is 1. The van der Waals surface area contributed by atoms with Crippen molar-refractivity contribution in [2.24, 2.45) is 0 Å². The minimum atomic E-state index is -4.14. The first-order chi connectivity index (χ1) is 15.9. The van der Waals surface area contributed by atoms with Gasteiger partial charge in [0.15, 0.2) is 4.91 Å². The van der Waals surface area contributed by atoms with Crippen molar-refractivity contribution >= 4 is 21.9 Å². The number of hydrogen-bond acceptors (Lipinski definition) is 6. The van der Waals surface area contributed by atoms with E-state index in [9.17, 15) is 23.1 Å². The number of benzene rings is 2. The minimum absolute atomic E-state index is 0.226. The molecule has 2 fully saturated rings. The van der Waals surface area contributed by atoms with E-state index in [1.165, 1.54) is 9.36 Å². The molecule has 1 aromatic heterocycles. The van der Waals surface area contributed by atoms with E-state index in [2.05, 4.69) is 0 Å². The number of nitrogens with zero attached hydrogens (tertiary/aromatic N) is 2. The van der Waals surface area contributed by atoms with Gasteiger partial charge in [-0.15, -0.1) is 0 Å². The van der Waals surface area contributed by atoms with Crippen molar-refractivity contribution in [3.8, 4) is 17.3 Å². The Kier molecular flexibility index (Phi) is 5.01. The smallest absolute Gasteiger partial charge is 0.351 e. The van der Waals surface area contributed by atoms with Crippen LogP contribution in [0, 0.1) is 0 Å². The molecule has 2 aromatic carbocycles. The molecule has 1 saturated heterocycles. The first-order valence-corrected chi connectivity index (χ1v) is 12.2. The van der Waals surface area contributed by atoms with Gasteiger partial charge < -0.3 is 9.84 Å². The normalized spacial score (nSPS) is 20.2. The summed E-state index contributed by atoms with van der Waals surface area (Å²) >= 11 is 0. The second-order valence-electron chi connectivity index (χ2n) is 8.21. The summed E-state index contributed by atoms with van der Waals surface area (Å²) in [6, 6.07) is 17.3. The van der Waals surface area contributed by atoms with Crippen molar-refractivity contribution in [2.75, 3.05) is 0 Å². The molecule has 1 spiro atoms. The summed E-state index contributed by atoms with van der Waals surface area (Å²) in [5.41, 5.74) is -0.0122. The van der Waals surface area contributed by atoms with Crippen LogP contribution in [0.2, 0.25) is 0 Å². The molecule has 9 heteroatoms. The Bertz CT molecular complexity index is 1410. The van der Waals surface area contributed by atoms with Crippen LogP contribution in [0.5, 0.6) is 5.88 Å². The Morgan fingerprint density at radius 2 is 1.39 bits per heavy atom. The molecular weight excluding hydrogens is 444 g/mol. The average Bonchev–Trinajstić information content (AvgIpc) is 3.17. The van der Waals surface area contributed by atoms with E-state index >= 15 is 0 Å². The van der Waals surface area contributed by atoms with Crippen molar-refractivity contribution < 1.29 is 23.1 Å². The number of carbonyl (C=O) groups excluding carboxylic acids is 1. The maximum atomic E-state index is 13.4. The molecule has 1 aliphatic heterocycles.